The molecule has 0 aromatic heterocycles. The molecular weight excluding hydrogens is 620 g/mol. The van der Waals surface area contributed by atoms with Gasteiger partial charge >= 0.3 is 11.9 Å². The highest BCUT2D eigenvalue weighted by atomic mass is 16.4. The van der Waals surface area contributed by atoms with Gasteiger partial charge in [-0.2, -0.15) is 0 Å². The molecule has 10 N–H and O–H groups in total. The van der Waals surface area contributed by atoms with E-state index in [9.17, 15) is 33.9 Å². The predicted molar refractivity (Wildman–Crippen MR) is 180 cm³/mol. The summed E-state index contributed by atoms with van der Waals surface area (Å²) in [7, 11) is 0. The first kappa shape index (κ1) is 39.1. The fourth-order valence-corrected chi connectivity index (χ4v) is 4.97. The molecule has 2 aromatic rings. The lowest BCUT2D eigenvalue weighted by atomic mass is 9.89. The summed E-state index contributed by atoms with van der Waals surface area (Å²) in [5.74, 6) is -4.66. The lowest BCUT2D eigenvalue weighted by molar-refractivity contribution is -0.142. The van der Waals surface area contributed by atoms with E-state index in [1.807, 2.05) is 36.4 Å². The number of amidine groups is 1. The van der Waals surface area contributed by atoms with Crippen LogP contribution in [0, 0.1) is 11.3 Å². The van der Waals surface area contributed by atoms with Gasteiger partial charge in [0, 0.05) is 50.8 Å². The third-order valence-electron chi connectivity index (χ3n) is 7.58. The number of aliphatic carboxylic acids is 2. The molecule has 0 saturated carbocycles. The molecule has 0 unspecified atom stereocenters. The van der Waals surface area contributed by atoms with Crippen LogP contribution in [0.5, 0.6) is 0 Å². The fourth-order valence-electron chi connectivity index (χ4n) is 4.97. The summed E-state index contributed by atoms with van der Waals surface area (Å²) in [4.78, 5) is 72.2. The number of carbonyl (C=O) groups is 6. The Balaban J connectivity index is 2.09. The molecule has 0 bridgehead atoms. The van der Waals surface area contributed by atoms with E-state index in [0.29, 0.717) is 31.4 Å². The number of benzene rings is 2. The molecule has 3 atom stereocenters. The van der Waals surface area contributed by atoms with Gasteiger partial charge in [0.1, 0.15) is 11.8 Å². The predicted octanol–water partition coefficient (Wildman–Crippen LogP) is 2.58. The van der Waals surface area contributed by atoms with Gasteiger partial charge in [-0.1, -0.05) is 42.8 Å². The third kappa shape index (κ3) is 15.0. The zero-order valence-corrected chi connectivity index (χ0v) is 27.1. The minimum Gasteiger partial charge on any atom is -0.481 e. The van der Waals surface area contributed by atoms with Gasteiger partial charge in [-0.05, 0) is 60.9 Å². The number of carboxylic acids is 2. The molecule has 3 amide bonds. The van der Waals surface area contributed by atoms with Crippen molar-refractivity contribution in [2.75, 3.05) is 11.9 Å². The Labute approximate surface area is 279 Å². The van der Waals surface area contributed by atoms with Gasteiger partial charge in [-0.25, -0.2) is 4.79 Å². The molecule has 0 radical (unpaired) electrons. The molecule has 2 aromatic carbocycles. The molecule has 14 heteroatoms. The summed E-state index contributed by atoms with van der Waals surface area (Å²) < 4.78 is 0. The van der Waals surface area contributed by atoms with Crippen LogP contribution in [-0.2, 0) is 35.2 Å². The van der Waals surface area contributed by atoms with Crippen molar-refractivity contribution in [3.8, 4) is 11.1 Å². The van der Waals surface area contributed by atoms with E-state index in [2.05, 4.69) is 16.0 Å². The van der Waals surface area contributed by atoms with Crippen LogP contribution in [-0.4, -0.2) is 70.1 Å². The van der Waals surface area contributed by atoms with Crippen LogP contribution in [0.4, 0.5) is 5.69 Å². The number of rotatable bonds is 22. The number of anilines is 1. The van der Waals surface area contributed by atoms with Crippen LogP contribution >= 0.6 is 0 Å². The summed E-state index contributed by atoms with van der Waals surface area (Å²) in [6, 6.07) is 12.7. The summed E-state index contributed by atoms with van der Waals surface area (Å²) in [5, 5.41) is 33.4. The van der Waals surface area contributed by atoms with Gasteiger partial charge in [0.05, 0.1) is 11.9 Å². The van der Waals surface area contributed by atoms with Gasteiger partial charge < -0.3 is 37.6 Å². The lowest BCUT2D eigenvalue weighted by Gasteiger charge is -2.20. The lowest BCUT2D eigenvalue weighted by Crippen LogP contribution is -2.44. The highest BCUT2D eigenvalue weighted by Crippen LogP contribution is 2.24. The minimum atomic E-state index is -1.30. The molecule has 260 valence electrons. The Hall–Kier alpha value is -5.11. The van der Waals surface area contributed by atoms with Gasteiger partial charge in [0.25, 0.3) is 0 Å². The summed E-state index contributed by atoms with van der Waals surface area (Å²) in [6.45, 7) is 1.33. The molecule has 0 spiro atoms. The van der Waals surface area contributed by atoms with Crippen molar-refractivity contribution in [1.82, 2.24) is 10.6 Å². The molecule has 0 saturated heterocycles. The smallest absolute Gasteiger partial charge is 0.326 e. The number of Topliss-reactive ketones (excluding diaryl/α,β-unsaturated/α-hetero) is 1. The molecule has 0 aliphatic carbocycles. The highest BCUT2D eigenvalue weighted by Gasteiger charge is 2.26. The van der Waals surface area contributed by atoms with E-state index in [1.165, 1.54) is 6.92 Å². The largest absolute Gasteiger partial charge is 0.481 e. The molecule has 0 heterocycles. The van der Waals surface area contributed by atoms with Gasteiger partial charge in [-0.3, -0.25) is 29.4 Å². The summed E-state index contributed by atoms with van der Waals surface area (Å²) in [5.41, 5.74) is 14.8. The quantitative estimate of drug-likeness (QED) is 0.0518. The van der Waals surface area contributed by atoms with Crippen molar-refractivity contribution in [3.05, 3.63) is 54.1 Å². The van der Waals surface area contributed by atoms with Gasteiger partial charge in [0.2, 0.25) is 17.7 Å². The molecule has 0 aliphatic rings. The number of nitrogens with two attached hydrogens (primary N) is 2. The number of ketones is 1. The van der Waals surface area contributed by atoms with Crippen molar-refractivity contribution >= 4 is 47.0 Å². The maximum Gasteiger partial charge on any atom is 0.326 e. The van der Waals surface area contributed by atoms with E-state index >= 15 is 0 Å². The number of amides is 3. The van der Waals surface area contributed by atoms with Crippen LogP contribution < -0.4 is 27.4 Å². The number of carboxylic acid groups (broad SMARTS) is 2. The van der Waals surface area contributed by atoms with Crippen molar-refractivity contribution in [2.45, 2.75) is 83.2 Å². The average molecular weight is 667 g/mol. The highest BCUT2D eigenvalue weighted by molar-refractivity contribution is 5.90. The summed E-state index contributed by atoms with van der Waals surface area (Å²) in [6.07, 6.45) is 1.61. The number of nitrogens with one attached hydrogen (secondary N) is 4. The van der Waals surface area contributed by atoms with Crippen LogP contribution in [0.15, 0.2) is 48.5 Å². The van der Waals surface area contributed by atoms with Gasteiger partial charge in [0.15, 0.2) is 0 Å². The second-order valence-corrected chi connectivity index (χ2v) is 11.7. The number of unbranched alkanes of at least 4 members (excludes halogenated alkanes) is 1. The molecule has 2 rings (SSSR count). The normalized spacial score (nSPS) is 12.6. The Morgan fingerprint density at radius 2 is 1.46 bits per heavy atom. The van der Waals surface area contributed by atoms with E-state index in [-0.39, 0.29) is 62.6 Å². The first-order chi connectivity index (χ1) is 22.7. The van der Waals surface area contributed by atoms with Crippen LogP contribution in [0.1, 0.15) is 70.3 Å². The Kier molecular flexibility index (Phi) is 16.4. The second kappa shape index (κ2) is 20.2. The Bertz CT molecular complexity index is 1430. The first-order valence-corrected chi connectivity index (χ1v) is 15.8. The zero-order chi connectivity index (χ0) is 35.6. The van der Waals surface area contributed by atoms with Crippen LogP contribution in [0.25, 0.3) is 11.1 Å². The second-order valence-electron chi connectivity index (χ2n) is 11.7. The van der Waals surface area contributed by atoms with Crippen molar-refractivity contribution in [2.24, 2.45) is 17.4 Å². The SMILES string of the molecule is CC(=O)Nc1ccc(-c2ccc(C[C@@H](CC(=O)[C@@H](N)CCCCC(=N)N)C(=O)NCC[C@@H](NC(=O)CCCC(=O)O)C(=O)O)cc2)cc1. The van der Waals surface area contributed by atoms with E-state index < -0.39 is 41.8 Å². The average Bonchev–Trinajstić information content (AvgIpc) is 3.02. The fraction of sp³-hybridized carbons (Fsp3) is 0.441. The van der Waals surface area contributed by atoms with Crippen molar-refractivity contribution in [1.29, 1.82) is 5.41 Å². The molecule has 48 heavy (non-hydrogen) atoms. The minimum absolute atomic E-state index is 0.0579. The van der Waals surface area contributed by atoms with E-state index in [1.54, 1.807) is 12.1 Å². The standard InChI is InChI=1S/C34H46N6O8/c1-21(41)39-26-15-13-24(14-16-26)23-11-9-22(10-12-23)19-25(20-29(42)27(35)5-2-3-6-30(36)37)33(46)38-18-17-28(34(47)48)40-31(43)7-4-8-32(44)45/h9-16,25,27-28H,2-8,17-20,35H2,1H3,(H3,36,37)(H,38,46)(H,39,41)(H,40,43)(H,44,45)(H,47,48)/t25-,27-,28+/m0/s1. The number of hydrogen-bond acceptors (Lipinski definition) is 8. The van der Waals surface area contributed by atoms with Crippen molar-refractivity contribution in [3.63, 3.8) is 0 Å². The summed E-state index contributed by atoms with van der Waals surface area (Å²) >= 11 is 0. The van der Waals surface area contributed by atoms with Crippen LogP contribution in [0.2, 0.25) is 0 Å². The maximum atomic E-state index is 13.4. The molecule has 0 fully saturated rings. The van der Waals surface area contributed by atoms with E-state index in [4.69, 9.17) is 22.0 Å². The Morgan fingerprint density at radius 1 is 0.833 bits per heavy atom. The monoisotopic (exact) mass is 666 g/mol. The zero-order valence-electron chi connectivity index (χ0n) is 27.1. The number of hydrogen-bond donors (Lipinski definition) is 8. The van der Waals surface area contributed by atoms with Crippen molar-refractivity contribution < 1.29 is 39.0 Å². The molecular formula is C34H46N6O8. The topological polar surface area (TPSA) is 255 Å². The third-order valence-corrected chi connectivity index (χ3v) is 7.58. The maximum absolute atomic E-state index is 13.4. The van der Waals surface area contributed by atoms with Crippen LogP contribution in [0.3, 0.4) is 0 Å². The molecule has 14 nitrogen and oxygen atoms in total. The Morgan fingerprint density at radius 3 is 2.02 bits per heavy atom. The first-order valence-electron chi connectivity index (χ1n) is 15.8. The van der Waals surface area contributed by atoms with Gasteiger partial charge in [-0.15, -0.1) is 0 Å². The molecule has 0 aliphatic heterocycles. The number of carbonyl (C=O) groups excluding carboxylic acids is 4. The van der Waals surface area contributed by atoms with E-state index in [0.717, 1.165) is 16.7 Å².